The van der Waals surface area contributed by atoms with Crippen molar-refractivity contribution in [3.63, 3.8) is 0 Å². The lowest BCUT2D eigenvalue weighted by molar-refractivity contribution is -0.121. The highest BCUT2D eigenvalue weighted by atomic mass is 16.1. The first-order valence-corrected chi connectivity index (χ1v) is 17.4. The van der Waals surface area contributed by atoms with Crippen LogP contribution in [0.25, 0.3) is 44.2 Å². The summed E-state index contributed by atoms with van der Waals surface area (Å²) in [6.45, 7) is 12.5. The van der Waals surface area contributed by atoms with E-state index in [9.17, 15) is 9.59 Å². The first kappa shape index (κ1) is 35.4. The van der Waals surface area contributed by atoms with Crippen LogP contribution < -0.4 is 10.6 Å². The molecule has 3 N–H and O–H groups in total. The Morgan fingerprint density at radius 1 is 0.915 bits per heavy atom. The number of anilines is 1. The Labute approximate surface area is 279 Å². The maximum Gasteiger partial charge on any atom is 0.220 e. The fraction of sp³-hybridized carbons (Fsp3) is 0.436. The van der Waals surface area contributed by atoms with Gasteiger partial charge in [-0.15, -0.1) is 0 Å². The first-order valence-electron chi connectivity index (χ1n) is 17.4. The third-order valence-corrected chi connectivity index (χ3v) is 8.72. The van der Waals surface area contributed by atoms with E-state index in [0.717, 1.165) is 66.6 Å². The van der Waals surface area contributed by atoms with Gasteiger partial charge in [-0.1, -0.05) is 71.6 Å². The number of carbonyl (C=O) groups is 2. The summed E-state index contributed by atoms with van der Waals surface area (Å²) >= 11 is 0. The van der Waals surface area contributed by atoms with Gasteiger partial charge < -0.3 is 20.2 Å². The monoisotopic (exact) mass is 636 g/mol. The van der Waals surface area contributed by atoms with Crippen LogP contribution in [0.4, 0.5) is 11.4 Å². The highest BCUT2D eigenvalue weighted by Gasteiger charge is 2.15. The molecule has 0 atom stereocenters. The summed E-state index contributed by atoms with van der Waals surface area (Å²) in [5, 5.41) is 8.65. The number of aliphatic imine (C=N–C) groups is 1. The van der Waals surface area contributed by atoms with Crippen LogP contribution in [0.2, 0.25) is 0 Å². The Bertz CT molecular complexity index is 1810. The topological polar surface area (TPSA) is 104 Å². The average molecular weight is 637 g/mol. The Hall–Kier alpha value is -4.46. The van der Waals surface area contributed by atoms with Crippen LogP contribution in [-0.2, 0) is 16.1 Å². The third-order valence-electron chi connectivity index (χ3n) is 8.72. The zero-order valence-electron chi connectivity index (χ0n) is 29.1. The minimum absolute atomic E-state index is 0.0479. The van der Waals surface area contributed by atoms with E-state index in [0.29, 0.717) is 23.9 Å². The van der Waals surface area contributed by atoms with Crippen LogP contribution in [0.1, 0.15) is 86.0 Å². The molecule has 0 bridgehead atoms. The second kappa shape index (κ2) is 17.5. The average Bonchev–Trinajstić information content (AvgIpc) is 3.66. The van der Waals surface area contributed by atoms with Crippen molar-refractivity contribution in [2.75, 3.05) is 18.9 Å². The molecule has 3 aromatic carbocycles. The molecule has 0 aliphatic rings. The molecule has 0 aliphatic carbocycles. The number of amides is 1. The summed E-state index contributed by atoms with van der Waals surface area (Å²) in [5.74, 6) is 1.22. The van der Waals surface area contributed by atoms with Crippen LogP contribution in [0.5, 0.6) is 0 Å². The number of imidazole rings is 1. The smallest absolute Gasteiger partial charge is 0.220 e. The van der Waals surface area contributed by atoms with Crippen molar-refractivity contribution in [1.82, 2.24) is 19.9 Å². The Balaban J connectivity index is 0.00000118. The van der Waals surface area contributed by atoms with Crippen molar-refractivity contribution in [3.8, 4) is 11.4 Å². The van der Waals surface area contributed by atoms with Crippen LogP contribution in [0, 0.1) is 5.92 Å². The van der Waals surface area contributed by atoms with Crippen LogP contribution >= 0.6 is 0 Å². The maximum atomic E-state index is 12.5. The molecule has 5 rings (SSSR count). The number of H-pyrrole nitrogens is 1. The van der Waals surface area contributed by atoms with Crippen LogP contribution in [0.15, 0.2) is 59.6 Å². The third kappa shape index (κ3) is 8.67. The lowest BCUT2D eigenvalue weighted by atomic mass is 9.98. The molecule has 1 amide bonds. The normalized spacial score (nSPS) is 11.7. The number of nitrogens with zero attached hydrogens (tertiary/aromatic N) is 3. The Kier molecular flexibility index (Phi) is 13.1. The first-order chi connectivity index (χ1) is 22.9. The van der Waals surface area contributed by atoms with Gasteiger partial charge >= 0.3 is 0 Å². The van der Waals surface area contributed by atoms with E-state index in [-0.39, 0.29) is 18.7 Å². The number of aromatic amines is 1. The molecule has 8 nitrogen and oxygen atoms in total. The van der Waals surface area contributed by atoms with Crippen molar-refractivity contribution >= 4 is 62.1 Å². The number of aldehydes is 1. The quantitative estimate of drug-likeness (QED) is 0.0786. The number of hydrogen-bond acceptors (Lipinski definition) is 5. The summed E-state index contributed by atoms with van der Waals surface area (Å²) in [5.41, 5.74) is 6.77. The number of aromatic nitrogens is 3. The van der Waals surface area contributed by atoms with Gasteiger partial charge in [0, 0.05) is 60.3 Å². The maximum absolute atomic E-state index is 12.5. The number of nitrogens with one attached hydrogen (secondary N) is 3. The zero-order valence-corrected chi connectivity index (χ0v) is 29.1. The standard InChI is InChI=1S/C35H42N6O2.C4H10/c1-5-10-23(11-6-2)21-37-34(43)17-15-25(22-42)38-29-20-31-30(19-28(29)36-4)39-35(40-31)24-14-16-33-27(18-24)26-12-8-9-13-32(26)41(33)7-3;1-3-4-2/h8-9,12-14,16,18-20,22-23,36H,5-7,10-11,15,17,21H2,1-4H3,(H,37,43)(H,39,40);3-4H2,1-2H3. The summed E-state index contributed by atoms with van der Waals surface area (Å²) in [4.78, 5) is 37.5. The summed E-state index contributed by atoms with van der Waals surface area (Å²) in [6.07, 6.45) is 8.33. The van der Waals surface area contributed by atoms with Gasteiger partial charge in [-0.2, -0.15) is 0 Å². The number of aryl methyl sites for hydroxylation is 1. The Morgan fingerprint density at radius 2 is 1.64 bits per heavy atom. The zero-order chi connectivity index (χ0) is 33.8. The van der Waals surface area contributed by atoms with Gasteiger partial charge in [0.25, 0.3) is 0 Å². The minimum Gasteiger partial charge on any atom is -0.386 e. The summed E-state index contributed by atoms with van der Waals surface area (Å²) < 4.78 is 2.33. The number of para-hydroxylation sites is 1. The van der Waals surface area contributed by atoms with Gasteiger partial charge in [0.05, 0.1) is 28.1 Å². The lowest BCUT2D eigenvalue weighted by Gasteiger charge is -2.15. The van der Waals surface area contributed by atoms with Crippen molar-refractivity contribution in [3.05, 3.63) is 54.6 Å². The van der Waals surface area contributed by atoms with Gasteiger partial charge in [0.1, 0.15) is 5.82 Å². The second-order valence-corrected chi connectivity index (χ2v) is 12.2. The van der Waals surface area contributed by atoms with E-state index in [1.807, 2.05) is 19.2 Å². The van der Waals surface area contributed by atoms with Gasteiger partial charge in [-0.25, -0.2) is 9.98 Å². The van der Waals surface area contributed by atoms with Crippen molar-refractivity contribution < 1.29 is 9.59 Å². The van der Waals surface area contributed by atoms with Crippen LogP contribution in [0.3, 0.4) is 0 Å². The van der Waals surface area contributed by atoms with E-state index in [1.165, 1.54) is 34.6 Å². The molecule has 250 valence electrons. The van der Waals surface area contributed by atoms with E-state index in [1.54, 1.807) is 0 Å². The fourth-order valence-electron chi connectivity index (χ4n) is 6.07. The van der Waals surface area contributed by atoms with Crippen molar-refractivity contribution in [2.45, 2.75) is 92.5 Å². The van der Waals surface area contributed by atoms with E-state index >= 15 is 0 Å². The molecule has 0 saturated carbocycles. The SMILES string of the molecule is CCCC.CCCC(CCC)CNC(=O)CCC(C=O)=Nc1cc2[nH]c(-c3ccc4c(c3)c3ccccc3n4CC)nc2cc1NC. The number of carbonyl (C=O) groups excluding carboxylic acids is 2. The number of rotatable bonds is 15. The molecule has 0 spiro atoms. The summed E-state index contributed by atoms with van der Waals surface area (Å²) in [6, 6.07) is 18.8. The molecule has 0 fully saturated rings. The van der Waals surface area contributed by atoms with E-state index in [4.69, 9.17) is 4.98 Å². The summed E-state index contributed by atoms with van der Waals surface area (Å²) in [7, 11) is 1.82. The molecule has 0 aliphatic heterocycles. The molecule has 5 aromatic rings. The van der Waals surface area contributed by atoms with Crippen molar-refractivity contribution in [1.29, 1.82) is 0 Å². The number of hydrogen-bond donors (Lipinski definition) is 3. The van der Waals surface area contributed by atoms with E-state index in [2.05, 4.69) is 102 Å². The number of benzene rings is 3. The lowest BCUT2D eigenvalue weighted by Crippen LogP contribution is -2.29. The molecule has 47 heavy (non-hydrogen) atoms. The molecule has 2 heterocycles. The number of fused-ring (bicyclic) bond motifs is 4. The highest BCUT2D eigenvalue weighted by Crippen LogP contribution is 2.34. The van der Waals surface area contributed by atoms with E-state index < -0.39 is 0 Å². The molecule has 0 saturated heterocycles. The van der Waals surface area contributed by atoms with Gasteiger partial charge in [-0.05, 0) is 62.1 Å². The van der Waals surface area contributed by atoms with Gasteiger partial charge in [0.2, 0.25) is 5.91 Å². The minimum atomic E-state index is -0.0479. The molecular weight excluding hydrogens is 584 g/mol. The molecule has 8 heteroatoms. The highest BCUT2D eigenvalue weighted by molar-refractivity contribution is 6.29. The largest absolute Gasteiger partial charge is 0.386 e. The fourth-order valence-corrected chi connectivity index (χ4v) is 6.07. The molecular formula is C39H52N6O2. The Morgan fingerprint density at radius 3 is 2.30 bits per heavy atom. The second-order valence-electron chi connectivity index (χ2n) is 12.2. The van der Waals surface area contributed by atoms with Crippen LogP contribution in [-0.4, -0.2) is 46.0 Å². The molecule has 2 aromatic heterocycles. The predicted octanol–water partition coefficient (Wildman–Crippen LogP) is 9.59. The molecule has 0 radical (unpaired) electrons. The molecule has 0 unspecified atom stereocenters. The number of unbranched alkanes of at least 4 members (excludes halogenated alkanes) is 1. The van der Waals surface area contributed by atoms with Gasteiger partial charge in [-0.3, -0.25) is 9.59 Å². The predicted molar refractivity (Wildman–Crippen MR) is 199 cm³/mol. The van der Waals surface area contributed by atoms with Gasteiger partial charge in [0.15, 0.2) is 6.29 Å². The van der Waals surface area contributed by atoms with Crippen molar-refractivity contribution in [2.24, 2.45) is 10.9 Å².